The van der Waals surface area contributed by atoms with Gasteiger partial charge >= 0.3 is 0 Å². The number of aromatic nitrogens is 6. The van der Waals surface area contributed by atoms with Gasteiger partial charge in [-0.1, -0.05) is 170 Å². The number of benzene rings is 9. The molecule has 62 heavy (non-hydrogen) atoms. The van der Waals surface area contributed by atoms with E-state index in [0.717, 1.165) is 88.6 Å². The molecular weight excluding hydrogens is 757 g/mol. The highest BCUT2D eigenvalue weighted by Gasteiger charge is 2.23. The van der Waals surface area contributed by atoms with Crippen molar-refractivity contribution >= 4 is 65.3 Å². The molecule has 0 N–H and O–H groups in total. The minimum atomic E-state index is 0.638. The van der Waals surface area contributed by atoms with Crippen LogP contribution >= 0.6 is 0 Å². The van der Waals surface area contributed by atoms with Gasteiger partial charge in [-0.2, -0.15) is 0 Å². The van der Waals surface area contributed by atoms with Gasteiger partial charge in [-0.15, -0.1) is 0 Å². The van der Waals surface area contributed by atoms with E-state index in [-0.39, 0.29) is 0 Å². The van der Waals surface area contributed by atoms with Gasteiger partial charge in [-0.05, 0) is 58.3 Å². The summed E-state index contributed by atoms with van der Waals surface area (Å²) in [5.41, 5.74) is 13.2. The first-order valence-electron chi connectivity index (χ1n) is 20.9. The summed E-state index contributed by atoms with van der Waals surface area (Å²) in [5, 5.41) is 8.07. The molecule has 0 atom stereocenters. The van der Waals surface area contributed by atoms with Gasteiger partial charge in [0, 0.05) is 43.6 Å². The number of hydrogen-bond donors (Lipinski definition) is 0. The van der Waals surface area contributed by atoms with E-state index in [9.17, 15) is 0 Å². The highest BCUT2D eigenvalue weighted by atomic mass is 15.2. The molecule has 0 amide bonds. The van der Waals surface area contributed by atoms with Gasteiger partial charge in [0.2, 0.25) is 11.9 Å². The lowest BCUT2D eigenvalue weighted by Gasteiger charge is -2.13. The van der Waals surface area contributed by atoms with Gasteiger partial charge in [0.25, 0.3) is 0 Å². The Kier molecular flexibility index (Phi) is 7.50. The number of fused-ring (bicyclic) bond motifs is 4. The first kappa shape index (κ1) is 34.4. The summed E-state index contributed by atoms with van der Waals surface area (Å²) in [5.74, 6) is 1.28. The maximum absolute atomic E-state index is 5.34. The normalized spacial score (nSPS) is 11.9. The Bertz CT molecular complexity index is 3790. The molecule has 0 saturated heterocycles. The summed E-state index contributed by atoms with van der Waals surface area (Å²) < 4.78 is 4.48. The molecule has 0 aliphatic rings. The third-order valence-corrected chi connectivity index (χ3v) is 12.3. The summed E-state index contributed by atoms with van der Waals surface area (Å²) in [6.07, 6.45) is 0. The molecule has 4 aromatic heterocycles. The molecule has 6 nitrogen and oxygen atoms in total. The molecule has 0 fully saturated rings. The monoisotopic (exact) mass is 790 g/mol. The maximum Gasteiger partial charge on any atom is 0.235 e. The highest BCUT2D eigenvalue weighted by Crippen LogP contribution is 2.44. The quantitative estimate of drug-likeness (QED) is 0.157. The van der Waals surface area contributed by atoms with Crippen molar-refractivity contribution in [2.24, 2.45) is 0 Å². The molecule has 6 heteroatoms. The van der Waals surface area contributed by atoms with Crippen LogP contribution in [0.25, 0.3) is 122 Å². The van der Waals surface area contributed by atoms with Crippen LogP contribution in [0.5, 0.6) is 0 Å². The summed E-state index contributed by atoms with van der Waals surface area (Å²) in [7, 11) is 0. The van der Waals surface area contributed by atoms with Crippen molar-refractivity contribution in [1.82, 2.24) is 29.1 Å². The number of nitrogens with zero attached hydrogens (tertiary/aromatic N) is 6. The van der Waals surface area contributed by atoms with Crippen molar-refractivity contribution < 1.29 is 0 Å². The van der Waals surface area contributed by atoms with E-state index in [1.807, 2.05) is 24.3 Å². The van der Waals surface area contributed by atoms with E-state index < -0.39 is 0 Å². The Hall–Kier alpha value is -8.48. The molecule has 0 saturated carbocycles. The van der Waals surface area contributed by atoms with Crippen LogP contribution in [0.3, 0.4) is 0 Å². The third kappa shape index (κ3) is 5.23. The molecule has 0 aliphatic heterocycles. The molecule has 13 rings (SSSR count). The second kappa shape index (κ2) is 13.5. The number of para-hydroxylation sites is 2. The van der Waals surface area contributed by atoms with Gasteiger partial charge in [0.05, 0.1) is 44.7 Å². The van der Waals surface area contributed by atoms with Crippen LogP contribution < -0.4 is 0 Å². The fraction of sp³-hybridized carbons (Fsp3) is 0. The minimum absolute atomic E-state index is 0.638. The summed E-state index contributed by atoms with van der Waals surface area (Å²) >= 11 is 0. The lowest BCUT2D eigenvalue weighted by atomic mass is 9.94. The first-order valence-corrected chi connectivity index (χ1v) is 20.9. The lowest BCUT2D eigenvalue weighted by Crippen LogP contribution is -2.04. The van der Waals surface area contributed by atoms with Crippen LogP contribution in [0.4, 0.5) is 0 Å². The molecule has 288 valence electrons. The summed E-state index contributed by atoms with van der Waals surface area (Å²) in [4.78, 5) is 21.1. The zero-order valence-corrected chi connectivity index (χ0v) is 33.3. The summed E-state index contributed by atoms with van der Waals surface area (Å²) in [6.45, 7) is 0. The molecular formula is C56H34N6. The molecule has 0 radical (unpaired) electrons. The van der Waals surface area contributed by atoms with E-state index in [1.165, 1.54) is 21.5 Å². The Morgan fingerprint density at radius 1 is 0.306 bits per heavy atom. The maximum atomic E-state index is 5.34. The third-order valence-electron chi connectivity index (χ3n) is 12.3. The van der Waals surface area contributed by atoms with Gasteiger partial charge < -0.3 is 0 Å². The zero-order valence-electron chi connectivity index (χ0n) is 33.3. The molecule has 13 aromatic rings. The molecule has 0 unspecified atom stereocenters. The van der Waals surface area contributed by atoms with Gasteiger partial charge in [-0.25, -0.2) is 19.9 Å². The minimum Gasteiger partial charge on any atom is -0.278 e. The van der Waals surface area contributed by atoms with Crippen LogP contribution in [0.1, 0.15) is 0 Å². The van der Waals surface area contributed by atoms with Crippen LogP contribution in [-0.4, -0.2) is 29.1 Å². The largest absolute Gasteiger partial charge is 0.278 e. The van der Waals surface area contributed by atoms with Gasteiger partial charge in [-0.3, -0.25) is 9.13 Å². The number of hydrogen-bond acceptors (Lipinski definition) is 4. The second-order valence-electron chi connectivity index (χ2n) is 15.8. The second-order valence-corrected chi connectivity index (χ2v) is 15.8. The average molecular weight is 791 g/mol. The fourth-order valence-electron chi connectivity index (χ4n) is 9.54. The Labute approximate surface area is 356 Å². The van der Waals surface area contributed by atoms with Crippen molar-refractivity contribution in [3.8, 4) is 56.8 Å². The van der Waals surface area contributed by atoms with Crippen molar-refractivity contribution in [2.45, 2.75) is 0 Å². The van der Waals surface area contributed by atoms with E-state index in [0.29, 0.717) is 11.9 Å². The summed E-state index contributed by atoms with van der Waals surface area (Å²) in [6, 6.07) is 72.5. The van der Waals surface area contributed by atoms with Crippen molar-refractivity contribution in [3.63, 3.8) is 0 Å². The zero-order chi connectivity index (χ0) is 40.7. The van der Waals surface area contributed by atoms with E-state index in [1.54, 1.807) is 0 Å². The Morgan fingerprint density at radius 2 is 0.887 bits per heavy atom. The predicted octanol–water partition coefficient (Wildman–Crippen LogP) is 13.9. The smallest absolute Gasteiger partial charge is 0.235 e. The van der Waals surface area contributed by atoms with Crippen molar-refractivity contribution in [2.75, 3.05) is 0 Å². The van der Waals surface area contributed by atoms with Crippen LogP contribution in [0.2, 0.25) is 0 Å². The van der Waals surface area contributed by atoms with E-state index in [4.69, 9.17) is 19.9 Å². The molecule has 4 heterocycles. The van der Waals surface area contributed by atoms with Crippen molar-refractivity contribution in [3.05, 3.63) is 206 Å². The molecule has 0 spiro atoms. The Morgan fingerprint density at radius 3 is 1.65 bits per heavy atom. The lowest BCUT2D eigenvalue weighted by molar-refractivity contribution is 0.996. The highest BCUT2D eigenvalue weighted by molar-refractivity contribution is 6.26. The van der Waals surface area contributed by atoms with Crippen LogP contribution in [-0.2, 0) is 0 Å². The van der Waals surface area contributed by atoms with Crippen LogP contribution in [0.15, 0.2) is 206 Å². The first-order chi connectivity index (χ1) is 30.7. The fourth-order valence-corrected chi connectivity index (χ4v) is 9.54. The van der Waals surface area contributed by atoms with Gasteiger partial charge in [0.1, 0.15) is 0 Å². The van der Waals surface area contributed by atoms with E-state index >= 15 is 0 Å². The van der Waals surface area contributed by atoms with Crippen LogP contribution in [0, 0.1) is 0 Å². The topological polar surface area (TPSA) is 61.4 Å². The number of rotatable bonds is 6. The predicted molar refractivity (Wildman–Crippen MR) is 254 cm³/mol. The molecule has 0 bridgehead atoms. The molecule has 9 aromatic carbocycles. The SMILES string of the molecule is c1ccc(-c2cc(-c3ccccc3)nc(-n3c4cccc5ccc6c(-c7ccc8c9ccccc9n(-c9nc(-c%10ccccc%10)c%10ccccc%10n9)c8c7)ccc3c6c54)n2)cc1. The molecule has 0 aliphatic carbocycles. The standard InChI is InChI=1S/C56H34N6/c1-4-15-35(16-5-1)46-34-47(36-17-6-2-7-18-36)59-55(58-46)62-49-26-14-21-37-27-30-43-40(31-32-50(62)53(43)52(37)49)39-28-29-42-41-22-11-13-25-48(41)61(51(42)33-39)56-57-45-24-12-10-23-44(45)54(60-56)38-19-8-3-9-20-38/h1-34H. The van der Waals surface area contributed by atoms with Crippen molar-refractivity contribution in [1.29, 1.82) is 0 Å². The van der Waals surface area contributed by atoms with E-state index in [2.05, 4.69) is 191 Å². The van der Waals surface area contributed by atoms with Gasteiger partial charge in [0.15, 0.2) is 0 Å². The Balaban J connectivity index is 1.04. The average Bonchev–Trinajstić information content (AvgIpc) is 3.87.